The van der Waals surface area contributed by atoms with Gasteiger partial charge in [-0.25, -0.2) is 0 Å². The van der Waals surface area contributed by atoms with Crippen LogP contribution in [0.4, 0.5) is 0 Å². The lowest BCUT2D eigenvalue weighted by Crippen LogP contribution is -2.56. The first-order valence-electron chi connectivity index (χ1n) is 10.5. The lowest BCUT2D eigenvalue weighted by molar-refractivity contribution is -0.133. The maximum Gasteiger partial charge on any atom is 0.243 e. The SMILES string of the molecule is CC(=O)NC(CC(C)C)C(=O)NC(CCCN)C(=O)NC(Cc1ccccc1)C(N)=O. The number of rotatable bonds is 13. The van der Waals surface area contributed by atoms with Crippen molar-refractivity contribution < 1.29 is 19.2 Å². The molecule has 3 atom stereocenters. The van der Waals surface area contributed by atoms with Gasteiger partial charge in [0.1, 0.15) is 18.1 Å². The van der Waals surface area contributed by atoms with Crippen molar-refractivity contribution in [2.24, 2.45) is 17.4 Å². The van der Waals surface area contributed by atoms with Crippen molar-refractivity contribution in [3.05, 3.63) is 35.9 Å². The summed E-state index contributed by atoms with van der Waals surface area (Å²) in [6.45, 7) is 5.54. The van der Waals surface area contributed by atoms with E-state index in [4.69, 9.17) is 11.5 Å². The Morgan fingerprint density at radius 3 is 2.00 bits per heavy atom. The lowest BCUT2D eigenvalue weighted by atomic mass is 10.0. The number of amides is 4. The molecule has 1 aromatic carbocycles. The summed E-state index contributed by atoms with van der Waals surface area (Å²) in [6, 6.07) is 6.59. The maximum absolute atomic E-state index is 12.9. The lowest BCUT2D eigenvalue weighted by Gasteiger charge is -2.25. The van der Waals surface area contributed by atoms with Gasteiger partial charge in [-0.2, -0.15) is 0 Å². The highest BCUT2D eigenvalue weighted by Crippen LogP contribution is 2.08. The average molecular weight is 434 g/mol. The van der Waals surface area contributed by atoms with E-state index in [-0.39, 0.29) is 18.2 Å². The van der Waals surface area contributed by atoms with Crippen LogP contribution in [0.5, 0.6) is 0 Å². The third-order valence-electron chi connectivity index (χ3n) is 4.67. The molecule has 7 N–H and O–H groups in total. The van der Waals surface area contributed by atoms with Gasteiger partial charge in [0.25, 0.3) is 0 Å². The summed E-state index contributed by atoms with van der Waals surface area (Å²) in [6.07, 6.45) is 1.45. The smallest absolute Gasteiger partial charge is 0.243 e. The molecule has 9 nitrogen and oxygen atoms in total. The first-order chi connectivity index (χ1) is 14.6. The Morgan fingerprint density at radius 2 is 1.48 bits per heavy atom. The second kappa shape index (κ2) is 13.4. The summed E-state index contributed by atoms with van der Waals surface area (Å²) in [7, 11) is 0. The monoisotopic (exact) mass is 433 g/mol. The highest BCUT2D eigenvalue weighted by atomic mass is 16.2. The number of hydrogen-bond donors (Lipinski definition) is 5. The number of primary amides is 1. The normalized spacial score (nSPS) is 13.7. The molecule has 0 aliphatic heterocycles. The summed E-state index contributed by atoms with van der Waals surface area (Å²) in [5.41, 5.74) is 11.9. The summed E-state index contributed by atoms with van der Waals surface area (Å²) < 4.78 is 0. The molecule has 0 spiro atoms. The van der Waals surface area contributed by atoms with E-state index in [2.05, 4.69) is 16.0 Å². The molecule has 4 amide bonds. The minimum absolute atomic E-state index is 0.157. The predicted octanol–water partition coefficient (Wildman–Crippen LogP) is -0.0263. The van der Waals surface area contributed by atoms with Crippen LogP contribution in [0.25, 0.3) is 0 Å². The molecular weight excluding hydrogens is 398 g/mol. The van der Waals surface area contributed by atoms with Crippen LogP contribution >= 0.6 is 0 Å². The van der Waals surface area contributed by atoms with Gasteiger partial charge in [-0.1, -0.05) is 44.2 Å². The fourth-order valence-electron chi connectivity index (χ4n) is 3.16. The van der Waals surface area contributed by atoms with Crippen LogP contribution in [0.3, 0.4) is 0 Å². The van der Waals surface area contributed by atoms with E-state index in [1.165, 1.54) is 6.92 Å². The summed E-state index contributed by atoms with van der Waals surface area (Å²) in [4.78, 5) is 49.1. The molecule has 0 heterocycles. The highest BCUT2D eigenvalue weighted by Gasteiger charge is 2.28. The molecule has 0 bridgehead atoms. The van der Waals surface area contributed by atoms with E-state index < -0.39 is 35.8 Å². The summed E-state index contributed by atoms with van der Waals surface area (Å²) in [5, 5.41) is 7.96. The molecule has 0 aliphatic rings. The standard InChI is InChI=1S/C22H35N5O4/c1-14(2)12-19(25-15(3)28)22(31)26-17(10-7-11-23)21(30)27-18(20(24)29)13-16-8-5-4-6-9-16/h4-6,8-9,14,17-19H,7,10-13,23H2,1-3H3,(H2,24,29)(H,25,28)(H,26,31)(H,27,30). The molecule has 0 radical (unpaired) electrons. The second-order valence-electron chi connectivity index (χ2n) is 8.03. The highest BCUT2D eigenvalue weighted by molar-refractivity contribution is 5.93. The number of hydrogen-bond acceptors (Lipinski definition) is 5. The molecule has 172 valence electrons. The maximum atomic E-state index is 12.9. The number of nitrogens with two attached hydrogens (primary N) is 2. The van der Waals surface area contributed by atoms with E-state index in [0.29, 0.717) is 25.8 Å². The van der Waals surface area contributed by atoms with Crippen LogP contribution in [0.15, 0.2) is 30.3 Å². The van der Waals surface area contributed by atoms with Gasteiger partial charge in [0, 0.05) is 13.3 Å². The van der Waals surface area contributed by atoms with Gasteiger partial charge >= 0.3 is 0 Å². The minimum Gasteiger partial charge on any atom is -0.368 e. The zero-order valence-corrected chi connectivity index (χ0v) is 18.5. The molecular formula is C22H35N5O4. The van der Waals surface area contributed by atoms with E-state index in [0.717, 1.165) is 5.56 Å². The predicted molar refractivity (Wildman–Crippen MR) is 119 cm³/mol. The van der Waals surface area contributed by atoms with Gasteiger partial charge in [-0.05, 0) is 37.3 Å². The van der Waals surface area contributed by atoms with Gasteiger partial charge in [0.05, 0.1) is 0 Å². The molecule has 0 saturated carbocycles. The fourth-order valence-corrected chi connectivity index (χ4v) is 3.16. The largest absolute Gasteiger partial charge is 0.368 e. The Balaban J connectivity index is 2.91. The molecule has 0 aliphatic carbocycles. The van der Waals surface area contributed by atoms with E-state index in [9.17, 15) is 19.2 Å². The molecule has 0 saturated heterocycles. The van der Waals surface area contributed by atoms with Crippen molar-refractivity contribution in [2.45, 2.75) is 64.6 Å². The Hall–Kier alpha value is -2.94. The zero-order valence-electron chi connectivity index (χ0n) is 18.5. The van der Waals surface area contributed by atoms with Crippen molar-refractivity contribution >= 4 is 23.6 Å². The van der Waals surface area contributed by atoms with Crippen LogP contribution in [0, 0.1) is 5.92 Å². The first kappa shape index (κ1) is 26.1. The molecule has 31 heavy (non-hydrogen) atoms. The third-order valence-corrected chi connectivity index (χ3v) is 4.67. The van der Waals surface area contributed by atoms with Crippen LogP contribution < -0.4 is 27.4 Å². The van der Waals surface area contributed by atoms with Crippen LogP contribution in [0.1, 0.15) is 45.6 Å². The molecule has 0 aromatic heterocycles. The zero-order chi connectivity index (χ0) is 23.4. The molecule has 0 fully saturated rings. The molecule has 1 rings (SSSR count). The number of benzene rings is 1. The van der Waals surface area contributed by atoms with Gasteiger partial charge < -0.3 is 27.4 Å². The van der Waals surface area contributed by atoms with E-state index >= 15 is 0 Å². The second-order valence-corrected chi connectivity index (χ2v) is 8.03. The van der Waals surface area contributed by atoms with Crippen molar-refractivity contribution in [2.75, 3.05) is 6.54 Å². The third kappa shape index (κ3) is 10.1. The summed E-state index contributed by atoms with van der Waals surface area (Å²) >= 11 is 0. The van der Waals surface area contributed by atoms with E-state index in [1.807, 2.05) is 44.2 Å². The average Bonchev–Trinajstić information content (AvgIpc) is 2.69. The number of carbonyl (C=O) groups is 4. The van der Waals surface area contributed by atoms with Crippen molar-refractivity contribution in [1.82, 2.24) is 16.0 Å². The quantitative estimate of drug-likeness (QED) is 0.295. The van der Waals surface area contributed by atoms with Crippen molar-refractivity contribution in [3.63, 3.8) is 0 Å². The topological polar surface area (TPSA) is 156 Å². The van der Waals surface area contributed by atoms with Crippen LogP contribution in [-0.2, 0) is 25.6 Å². The van der Waals surface area contributed by atoms with Crippen LogP contribution in [-0.4, -0.2) is 48.3 Å². The fraction of sp³-hybridized carbons (Fsp3) is 0.545. The number of carbonyl (C=O) groups excluding carboxylic acids is 4. The molecule has 9 heteroatoms. The minimum atomic E-state index is -0.922. The molecule has 3 unspecified atom stereocenters. The van der Waals surface area contributed by atoms with Gasteiger partial charge in [-0.3, -0.25) is 19.2 Å². The van der Waals surface area contributed by atoms with Crippen LogP contribution in [0.2, 0.25) is 0 Å². The van der Waals surface area contributed by atoms with E-state index in [1.54, 1.807) is 0 Å². The summed E-state index contributed by atoms with van der Waals surface area (Å²) in [5.74, 6) is -1.83. The Kier molecular flexibility index (Phi) is 11.3. The van der Waals surface area contributed by atoms with Crippen molar-refractivity contribution in [1.29, 1.82) is 0 Å². The molecule has 1 aromatic rings. The Bertz CT molecular complexity index is 739. The Labute approximate surface area is 183 Å². The first-order valence-corrected chi connectivity index (χ1v) is 10.5. The van der Waals surface area contributed by atoms with Gasteiger partial charge in [-0.15, -0.1) is 0 Å². The van der Waals surface area contributed by atoms with Gasteiger partial charge in [0.15, 0.2) is 0 Å². The Morgan fingerprint density at radius 1 is 0.903 bits per heavy atom. The van der Waals surface area contributed by atoms with Crippen molar-refractivity contribution in [3.8, 4) is 0 Å². The van der Waals surface area contributed by atoms with Gasteiger partial charge in [0.2, 0.25) is 23.6 Å². The number of nitrogens with one attached hydrogen (secondary N) is 3.